The van der Waals surface area contributed by atoms with E-state index in [-0.39, 0.29) is 0 Å². The van der Waals surface area contributed by atoms with Crippen LogP contribution in [0, 0.1) is 0 Å². The largest absolute Gasteiger partial charge is 0.310 e. The lowest BCUT2D eigenvalue weighted by molar-refractivity contribution is 0.580. The van der Waals surface area contributed by atoms with E-state index in [1.54, 1.807) is 0 Å². The zero-order valence-electron chi connectivity index (χ0n) is 15.8. The zero-order valence-corrected chi connectivity index (χ0v) is 15.8. The summed E-state index contributed by atoms with van der Waals surface area (Å²) in [5.74, 6) is 0. The van der Waals surface area contributed by atoms with Gasteiger partial charge in [-0.25, -0.2) is 0 Å². The lowest BCUT2D eigenvalue weighted by Crippen LogP contribution is -2.27. The number of nitrogens with two attached hydrogens (primary N) is 2. The molecule has 6 rings (SSSR count). The molecule has 2 aromatic heterocycles. The Kier molecular flexibility index (Phi) is 3.36. The Hall–Kier alpha value is -3.60. The van der Waals surface area contributed by atoms with Gasteiger partial charge in [0.05, 0.1) is 22.1 Å². The maximum Gasteiger partial charge on any atom is 0.134 e. The molecule has 4 aromatic carbocycles. The highest BCUT2D eigenvalue weighted by Crippen LogP contribution is 2.40. The first kappa shape index (κ1) is 16.4. The first-order valence-electron chi connectivity index (χ1n) is 9.77. The van der Waals surface area contributed by atoms with E-state index in [1.165, 1.54) is 16.3 Å². The fourth-order valence-corrected chi connectivity index (χ4v) is 4.69. The van der Waals surface area contributed by atoms with Gasteiger partial charge in [-0.05, 0) is 24.3 Å². The number of hydrogen-bond donors (Lipinski definition) is 2. The third-order valence-corrected chi connectivity index (χ3v) is 5.82. The monoisotopic (exact) mass is 376 g/mol. The summed E-state index contributed by atoms with van der Waals surface area (Å²) in [5.41, 5.74) is 18.1. The van der Waals surface area contributed by atoms with Crippen molar-refractivity contribution < 1.29 is 0 Å². The van der Waals surface area contributed by atoms with Crippen molar-refractivity contribution in [1.82, 2.24) is 9.13 Å². The Morgan fingerprint density at radius 3 is 1.76 bits per heavy atom. The number of aromatic nitrogens is 2. The van der Waals surface area contributed by atoms with Crippen molar-refractivity contribution in [3.05, 3.63) is 91.0 Å². The van der Waals surface area contributed by atoms with Gasteiger partial charge in [-0.15, -0.1) is 0 Å². The summed E-state index contributed by atoms with van der Waals surface area (Å²) in [6.07, 6.45) is -0.634. The molecule has 0 saturated carbocycles. The first-order valence-corrected chi connectivity index (χ1v) is 9.77. The zero-order chi connectivity index (χ0) is 19.5. The molecule has 6 aromatic rings. The molecule has 0 spiro atoms. The average Bonchev–Trinajstić information content (AvgIpc) is 3.27. The summed E-state index contributed by atoms with van der Waals surface area (Å²) in [6, 6.07) is 31.7. The van der Waals surface area contributed by atoms with Gasteiger partial charge >= 0.3 is 0 Å². The summed E-state index contributed by atoms with van der Waals surface area (Å²) in [5, 5.41) is 4.74. The molecule has 2 heterocycles. The third kappa shape index (κ3) is 2.15. The van der Waals surface area contributed by atoms with Crippen LogP contribution in [-0.2, 0) is 0 Å². The van der Waals surface area contributed by atoms with Crippen molar-refractivity contribution in [2.24, 2.45) is 11.5 Å². The van der Waals surface area contributed by atoms with E-state index in [0.717, 1.165) is 33.0 Å². The van der Waals surface area contributed by atoms with Crippen LogP contribution in [0.2, 0.25) is 0 Å². The molecule has 0 aliphatic heterocycles. The van der Waals surface area contributed by atoms with Gasteiger partial charge in [0.2, 0.25) is 0 Å². The summed E-state index contributed by atoms with van der Waals surface area (Å²) in [6.45, 7) is 0. The van der Waals surface area contributed by atoms with E-state index >= 15 is 0 Å². The van der Waals surface area contributed by atoms with E-state index in [0.29, 0.717) is 0 Å². The van der Waals surface area contributed by atoms with Crippen molar-refractivity contribution in [1.29, 1.82) is 0 Å². The molecule has 0 radical (unpaired) electrons. The average molecular weight is 376 g/mol. The predicted octanol–water partition coefficient (Wildman–Crippen LogP) is 5.27. The molecule has 140 valence electrons. The molecule has 0 aliphatic carbocycles. The summed E-state index contributed by atoms with van der Waals surface area (Å²) >= 11 is 0. The molecule has 0 atom stereocenters. The van der Waals surface area contributed by atoms with E-state index in [4.69, 9.17) is 11.5 Å². The summed E-state index contributed by atoms with van der Waals surface area (Å²) < 4.78 is 4.38. The van der Waals surface area contributed by atoms with Crippen LogP contribution in [0.5, 0.6) is 0 Å². The van der Waals surface area contributed by atoms with Gasteiger partial charge in [-0.2, -0.15) is 0 Å². The minimum atomic E-state index is -0.634. The number of benzene rings is 4. The number of para-hydroxylation sites is 3. The lowest BCUT2D eigenvalue weighted by Gasteiger charge is -2.14. The van der Waals surface area contributed by atoms with Crippen LogP contribution >= 0.6 is 0 Å². The second kappa shape index (κ2) is 5.95. The number of fused-ring (bicyclic) bond motifs is 7. The maximum absolute atomic E-state index is 6.30. The van der Waals surface area contributed by atoms with Gasteiger partial charge in [0.1, 0.15) is 6.29 Å². The smallest absolute Gasteiger partial charge is 0.134 e. The van der Waals surface area contributed by atoms with Crippen molar-refractivity contribution in [2.75, 3.05) is 0 Å². The van der Waals surface area contributed by atoms with Gasteiger partial charge in [-0.3, -0.25) is 11.5 Å². The SMILES string of the molecule is NC(N)n1c2ccccc2c2ccc3c4ccccc4n(-c4ccccc4)c3c21. The van der Waals surface area contributed by atoms with E-state index < -0.39 is 6.29 Å². The summed E-state index contributed by atoms with van der Waals surface area (Å²) in [4.78, 5) is 0. The second-order valence-electron chi connectivity index (χ2n) is 7.42. The molecule has 4 nitrogen and oxygen atoms in total. The van der Waals surface area contributed by atoms with Crippen molar-refractivity contribution in [3.8, 4) is 5.69 Å². The minimum absolute atomic E-state index is 0.634. The van der Waals surface area contributed by atoms with Gasteiger partial charge in [0.25, 0.3) is 0 Å². The molecule has 4 N–H and O–H groups in total. The van der Waals surface area contributed by atoms with Crippen LogP contribution in [0.3, 0.4) is 0 Å². The van der Waals surface area contributed by atoms with Crippen LogP contribution in [0.1, 0.15) is 6.29 Å². The molecule has 0 aliphatic rings. The van der Waals surface area contributed by atoms with Crippen LogP contribution in [0.15, 0.2) is 91.0 Å². The standard InChI is InChI=1S/C25H20N4/c26-25(27)29-22-13-7-5-11-18(22)20-15-14-19-17-10-4-6-12-21(17)28(23(19)24(20)29)16-8-2-1-3-9-16/h1-15,25H,26-27H2. The Morgan fingerprint density at radius 1 is 0.517 bits per heavy atom. The molecule has 0 fully saturated rings. The highest BCUT2D eigenvalue weighted by atomic mass is 15.2. The maximum atomic E-state index is 6.30. The van der Waals surface area contributed by atoms with Crippen LogP contribution < -0.4 is 11.5 Å². The molecular formula is C25H20N4. The highest BCUT2D eigenvalue weighted by molar-refractivity contribution is 6.23. The molecule has 29 heavy (non-hydrogen) atoms. The van der Waals surface area contributed by atoms with Crippen LogP contribution in [-0.4, -0.2) is 9.13 Å². The normalized spacial score (nSPS) is 12.1. The number of nitrogens with zero attached hydrogens (tertiary/aromatic N) is 2. The molecule has 0 unspecified atom stereocenters. The molecule has 0 bridgehead atoms. The van der Waals surface area contributed by atoms with Crippen molar-refractivity contribution in [2.45, 2.75) is 6.29 Å². The Bertz CT molecular complexity index is 1520. The van der Waals surface area contributed by atoms with Gasteiger partial charge in [0, 0.05) is 27.2 Å². The topological polar surface area (TPSA) is 61.9 Å². The Labute approximate surface area is 167 Å². The fourth-order valence-electron chi connectivity index (χ4n) is 4.69. The quantitative estimate of drug-likeness (QED) is 0.405. The lowest BCUT2D eigenvalue weighted by atomic mass is 10.1. The van der Waals surface area contributed by atoms with Crippen LogP contribution in [0.25, 0.3) is 49.3 Å². The second-order valence-corrected chi connectivity index (χ2v) is 7.42. The Morgan fingerprint density at radius 2 is 1.07 bits per heavy atom. The molecule has 4 heteroatoms. The number of rotatable bonds is 2. The minimum Gasteiger partial charge on any atom is -0.310 e. The van der Waals surface area contributed by atoms with E-state index in [1.807, 2.05) is 12.1 Å². The van der Waals surface area contributed by atoms with Crippen molar-refractivity contribution >= 4 is 43.6 Å². The summed E-state index contributed by atoms with van der Waals surface area (Å²) in [7, 11) is 0. The predicted molar refractivity (Wildman–Crippen MR) is 121 cm³/mol. The number of hydrogen-bond acceptors (Lipinski definition) is 2. The Balaban J connectivity index is 1.96. The molecular weight excluding hydrogens is 356 g/mol. The van der Waals surface area contributed by atoms with Gasteiger partial charge < -0.3 is 9.13 Å². The first-order chi connectivity index (χ1) is 14.3. The van der Waals surface area contributed by atoms with Gasteiger partial charge in [0.15, 0.2) is 0 Å². The fraction of sp³-hybridized carbons (Fsp3) is 0.0400. The van der Waals surface area contributed by atoms with E-state index in [9.17, 15) is 0 Å². The molecule has 0 amide bonds. The third-order valence-electron chi connectivity index (χ3n) is 5.82. The van der Waals surface area contributed by atoms with Crippen molar-refractivity contribution in [3.63, 3.8) is 0 Å². The van der Waals surface area contributed by atoms with E-state index in [2.05, 4.69) is 88.0 Å². The van der Waals surface area contributed by atoms with Crippen LogP contribution in [0.4, 0.5) is 0 Å². The van der Waals surface area contributed by atoms with Gasteiger partial charge in [-0.1, -0.05) is 66.7 Å². The molecule has 0 saturated heterocycles. The highest BCUT2D eigenvalue weighted by Gasteiger charge is 2.21.